The van der Waals surface area contributed by atoms with Crippen LogP contribution in [0.1, 0.15) is 26.7 Å². The largest absolute Gasteiger partial charge is 0.320 e. The molecule has 0 spiro atoms. The molecule has 1 heterocycles. The summed E-state index contributed by atoms with van der Waals surface area (Å²) in [5.41, 5.74) is 0. The Labute approximate surface area is 82.5 Å². The van der Waals surface area contributed by atoms with Crippen molar-refractivity contribution in [2.75, 3.05) is 6.54 Å². The Morgan fingerprint density at radius 3 is 2.50 bits per heavy atom. The Morgan fingerprint density at radius 2 is 2.07 bits per heavy atom. The minimum Gasteiger partial charge on any atom is -0.320 e. The fourth-order valence-electron chi connectivity index (χ4n) is 1.74. The predicted molar refractivity (Wildman–Crippen MR) is 49.0 cm³/mol. The van der Waals surface area contributed by atoms with Gasteiger partial charge in [0.2, 0.25) is 5.91 Å². The van der Waals surface area contributed by atoms with E-state index in [-0.39, 0.29) is 18.1 Å². The van der Waals surface area contributed by atoms with E-state index in [0.29, 0.717) is 12.8 Å². The van der Waals surface area contributed by atoms with Crippen molar-refractivity contribution in [1.82, 2.24) is 10.2 Å². The Hall–Kier alpha value is -0.710. The van der Waals surface area contributed by atoms with Crippen LogP contribution in [0.5, 0.6) is 0 Å². The van der Waals surface area contributed by atoms with Crippen LogP contribution in [-0.4, -0.2) is 36.0 Å². The molecule has 2 unspecified atom stereocenters. The van der Waals surface area contributed by atoms with Crippen LogP contribution in [0.4, 0.5) is 8.78 Å². The number of carbonyl (C=O) groups is 1. The lowest BCUT2D eigenvalue weighted by atomic mass is 10.2. The smallest absolute Gasteiger partial charge is 0.255 e. The van der Waals surface area contributed by atoms with Crippen molar-refractivity contribution in [2.24, 2.45) is 0 Å². The molecule has 82 valence electrons. The summed E-state index contributed by atoms with van der Waals surface area (Å²) < 4.78 is 24.4. The van der Waals surface area contributed by atoms with Crippen LogP contribution in [0.15, 0.2) is 0 Å². The summed E-state index contributed by atoms with van der Waals surface area (Å²) in [6, 6.07) is -0.279. The zero-order chi connectivity index (χ0) is 10.7. The van der Waals surface area contributed by atoms with Gasteiger partial charge in [0.05, 0.1) is 18.8 Å². The molecular formula is C9H16F2N2O. The van der Waals surface area contributed by atoms with Crippen molar-refractivity contribution < 1.29 is 13.6 Å². The van der Waals surface area contributed by atoms with Gasteiger partial charge in [0.15, 0.2) is 0 Å². The fourth-order valence-corrected chi connectivity index (χ4v) is 1.74. The predicted octanol–water partition coefficient (Wildman–Crippen LogP) is 1.20. The second-order valence-electron chi connectivity index (χ2n) is 3.43. The van der Waals surface area contributed by atoms with Gasteiger partial charge in [-0.05, 0) is 12.8 Å². The second kappa shape index (κ2) is 4.68. The molecule has 1 fully saturated rings. The number of amides is 1. The quantitative estimate of drug-likeness (QED) is 0.749. The summed E-state index contributed by atoms with van der Waals surface area (Å²) >= 11 is 0. The molecule has 1 N–H and O–H groups in total. The second-order valence-corrected chi connectivity index (χ2v) is 3.43. The molecule has 0 saturated carbocycles. The molecule has 1 amide bonds. The molecule has 0 aliphatic carbocycles. The van der Waals surface area contributed by atoms with Crippen LogP contribution >= 0.6 is 0 Å². The van der Waals surface area contributed by atoms with E-state index in [0.717, 1.165) is 0 Å². The molecule has 1 rings (SSSR count). The number of nitrogens with zero attached hydrogens (tertiary/aromatic N) is 1. The molecule has 14 heavy (non-hydrogen) atoms. The highest BCUT2D eigenvalue weighted by molar-refractivity contribution is 5.84. The Balaban J connectivity index is 2.65. The lowest BCUT2D eigenvalue weighted by molar-refractivity contribution is -0.132. The molecular weight excluding hydrogens is 190 g/mol. The lowest BCUT2D eigenvalue weighted by Crippen LogP contribution is -2.39. The zero-order valence-corrected chi connectivity index (χ0v) is 8.46. The van der Waals surface area contributed by atoms with Crippen LogP contribution in [0, 0.1) is 0 Å². The molecule has 1 aliphatic rings. The number of halogens is 2. The van der Waals surface area contributed by atoms with E-state index in [2.05, 4.69) is 5.32 Å². The minimum atomic E-state index is -2.45. The van der Waals surface area contributed by atoms with E-state index in [9.17, 15) is 13.6 Å². The van der Waals surface area contributed by atoms with Crippen LogP contribution in [0.3, 0.4) is 0 Å². The van der Waals surface area contributed by atoms with Crippen LogP contribution in [0.25, 0.3) is 0 Å². The third-order valence-electron chi connectivity index (χ3n) is 2.48. The van der Waals surface area contributed by atoms with Crippen molar-refractivity contribution >= 4 is 5.91 Å². The Kier molecular flexibility index (Phi) is 3.80. The highest BCUT2D eigenvalue weighted by Crippen LogP contribution is 2.16. The average Bonchev–Trinajstić information content (AvgIpc) is 2.43. The number of nitrogens with one attached hydrogen (secondary N) is 1. The van der Waals surface area contributed by atoms with Crippen molar-refractivity contribution in [3.63, 3.8) is 0 Å². The summed E-state index contributed by atoms with van der Waals surface area (Å²) in [7, 11) is 0. The topological polar surface area (TPSA) is 32.3 Å². The van der Waals surface area contributed by atoms with Gasteiger partial charge in [-0.2, -0.15) is 0 Å². The molecule has 0 aromatic heterocycles. The maximum atomic E-state index is 12.2. The SMILES string of the molecule is CCC1NC(CC)N(CC(F)F)C1=O. The summed E-state index contributed by atoms with van der Waals surface area (Å²) in [5, 5.41) is 3.04. The van der Waals surface area contributed by atoms with Crippen LogP contribution < -0.4 is 5.32 Å². The fraction of sp³-hybridized carbons (Fsp3) is 0.889. The number of carbonyl (C=O) groups excluding carboxylic acids is 1. The summed E-state index contributed by atoms with van der Waals surface area (Å²) in [6.45, 7) is 3.29. The van der Waals surface area contributed by atoms with Crippen LogP contribution in [0.2, 0.25) is 0 Å². The molecule has 0 aromatic carbocycles. The molecule has 0 bridgehead atoms. The summed E-state index contributed by atoms with van der Waals surface area (Å²) in [6.07, 6.45) is -1.36. The molecule has 1 saturated heterocycles. The standard InChI is InChI=1S/C9H16F2N2O/c1-3-6-9(14)13(5-7(10)11)8(4-2)12-6/h6-8,12H,3-5H2,1-2H3. The number of hydrogen-bond acceptors (Lipinski definition) is 2. The Bertz CT molecular complexity index is 211. The lowest BCUT2D eigenvalue weighted by Gasteiger charge is -2.22. The molecule has 0 aromatic rings. The van der Waals surface area contributed by atoms with Crippen molar-refractivity contribution in [3.05, 3.63) is 0 Å². The molecule has 5 heteroatoms. The van der Waals surface area contributed by atoms with Gasteiger partial charge in [-0.25, -0.2) is 8.78 Å². The van der Waals surface area contributed by atoms with Crippen molar-refractivity contribution in [2.45, 2.75) is 45.3 Å². The Morgan fingerprint density at radius 1 is 1.43 bits per heavy atom. The van der Waals surface area contributed by atoms with E-state index < -0.39 is 13.0 Å². The molecule has 2 atom stereocenters. The van der Waals surface area contributed by atoms with E-state index in [4.69, 9.17) is 0 Å². The maximum Gasteiger partial charge on any atom is 0.255 e. The van der Waals surface area contributed by atoms with Gasteiger partial charge in [0.1, 0.15) is 0 Å². The third-order valence-corrected chi connectivity index (χ3v) is 2.48. The van der Waals surface area contributed by atoms with Gasteiger partial charge in [-0.15, -0.1) is 0 Å². The number of rotatable bonds is 4. The monoisotopic (exact) mass is 206 g/mol. The number of alkyl halides is 2. The third kappa shape index (κ3) is 2.20. The first-order chi connectivity index (χ1) is 6.60. The van der Waals surface area contributed by atoms with Gasteiger partial charge in [0.25, 0.3) is 6.43 Å². The first-order valence-corrected chi connectivity index (χ1v) is 4.94. The minimum absolute atomic E-state index is 0.195. The van der Waals surface area contributed by atoms with Gasteiger partial charge in [-0.1, -0.05) is 13.8 Å². The summed E-state index contributed by atoms with van der Waals surface area (Å²) in [5.74, 6) is -0.195. The number of hydrogen-bond donors (Lipinski definition) is 1. The zero-order valence-electron chi connectivity index (χ0n) is 8.46. The first-order valence-electron chi connectivity index (χ1n) is 4.94. The normalized spacial score (nSPS) is 27.8. The van der Waals surface area contributed by atoms with Crippen molar-refractivity contribution in [3.8, 4) is 0 Å². The van der Waals surface area contributed by atoms with E-state index in [1.807, 2.05) is 13.8 Å². The van der Waals surface area contributed by atoms with Gasteiger partial charge in [0, 0.05) is 0 Å². The highest BCUT2D eigenvalue weighted by atomic mass is 19.3. The van der Waals surface area contributed by atoms with E-state index in [1.165, 1.54) is 4.90 Å². The van der Waals surface area contributed by atoms with Gasteiger partial charge >= 0.3 is 0 Å². The molecule has 3 nitrogen and oxygen atoms in total. The average molecular weight is 206 g/mol. The van der Waals surface area contributed by atoms with E-state index >= 15 is 0 Å². The van der Waals surface area contributed by atoms with Gasteiger partial charge < -0.3 is 4.90 Å². The van der Waals surface area contributed by atoms with Gasteiger partial charge in [-0.3, -0.25) is 10.1 Å². The van der Waals surface area contributed by atoms with Crippen molar-refractivity contribution in [1.29, 1.82) is 0 Å². The first kappa shape index (κ1) is 11.4. The van der Waals surface area contributed by atoms with E-state index in [1.54, 1.807) is 0 Å². The maximum absolute atomic E-state index is 12.2. The summed E-state index contributed by atoms with van der Waals surface area (Å²) in [4.78, 5) is 12.8. The van der Waals surface area contributed by atoms with Crippen LogP contribution in [-0.2, 0) is 4.79 Å². The molecule has 0 radical (unpaired) electrons. The molecule has 1 aliphatic heterocycles. The highest BCUT2D eigenvalue weighted by Gasteiger charge is 2.37.